The van der Waals surface area contributed by atoms with E-state index in [4.69, 9.17) is 9.84 Å². The van der Waals surface area contributed by atoms with Crippen LogP contribution in [0.4, 0.5) is 4.79 Å². The molecule has 0 unspecified atom stereocenters. The number of hydrogen-bond donors (Lipinski definition) is 1. The summed E-state index contributed by atoms with van der Waals surface area (Å²) in [4.78, 5) is 25.9. The maximum atomic E-state index is 12.9. The minimum Gasteiger partial charge on any atom is -0.478 e. The zero-order chi connectivity index (χ0) is 21.8. The fraction of sp³-hybridized carbons (Fsp3) is 0.667. The number of hydrogen-bond acceptors (Lipinski definition) is 3. The van der Waals surface area contributed by atoms with Crippen LogP contribution in [0, 0.1) is 11.3 Å². The number of carboxylic acid groups (broad SMARTS) is 1. The predicted molar refractivity (Wildman–Crippen MR) is 115 cm³/mol. The largest absolute Gasteiger partial charge is 0.478 e. The molecule has 0 atom stereocenters. The van der Waals surface area contributed by atoms with Crippen molar-refractivity contribution >= 4 is 12.1 Å². The first kappa shape index (κ1) is 23.2. The monoisotopic (exact) mass is 403 g/mol. The van der Waals surface area contributed by atoms with E-state index >= 15 is 0 Å². The Hall–Kier alpha value is -2.04. The number of aromatic carboxylic acids is 1. The van der Waals surface area contributed by atoms with Gasteiger partial charge in [0.15, 0.2) is 0 Å². The summed E-state index contributed by atoms with van der Waals surface area (Å²) in [5, 5.41) is 9.05. The van der Waals surface area contributed by atoms with E-state index in [0.717, 1.165) is 31.2 Å². The molecule has 0 saturated heterocycles. The lowest BCUT2D eigenvalue weighted by molar-refractivity contribution is 0.00763. The van der Waals surface area contributed by atoms with Gasteiger partial charge in [0.2, 0.25) is 0 Å². The number of rotatable bonds is 5. The molecule has 0 radical (unpaired) electrons. The first-order chi connectivity index (χ1) is 13.4. The van der Waals surface area contributed by atoms with Crippen LogP contribution in [-0.4, -0.2) is 40.3 Å². The molecule has 1 aliphatic rings. The Bertz CT molecular complexity index is 689. The van der Waals surface area contributed by atoms with Gasteiger partial charge in [0.05, 0.1) is 5.56 Å². The van der Waals surface area contributed by atoms with Crippen molar-refractivity contribution in [1.29, 1.82) is 0 Å². The zero-order valence-electron chi connectivity index (χ0n) is 18.8. The number of carbonyl (C=O) groups is 2. The van der Waals surface area contributed by atoms with Crippen molar-refractivity contribution in [2.24, 2.45) is 11.3 Å². The van der Waals surface area contributed by atoms with Crippen molar-refractivity contribution < 1.29 is 19.4 Å². The van der Waals surface area contributed by atoms with Gasteiger partial charge in [-0.25, -0.2) is 9.59 Å². The summed E-state index contributed by atoms with van der Waals surface area (Å²) in [6.07, 6.45) is 4.68. The summed E-state index contributed by atoms with van der Waals surface area (Å²) >= 11 is 0. The molecular formula is C24H37NO4. The van der Waals surface area contributed by atoms with Crippen LogP contribution >= 0.6 is 0 Å². The molecule has 1 amide bonds. The van der Waals surface area contributed by atoms with Crippen LogP contribution in [0.25, 0.3) is 0 Å². The Balaban J connectivity index is 2.07. The minimum atomic E-state index is -0.928. The molecular weight excluding hydrogens is 366 g/mol. The lowest BCUT2D eigenvalue weighted by atomic mass is 9.71. The van der Waals surface area contributed by atoms with E-state index in [1.54, 1.807) is 12.1 Å². The highest BCUT2D eigenvalue weighted by molar-refractivity contribution is 5.87. The van der Waals surface area contributed by atoms with E-state index in [2.05, 4.69) is 20.8 Å². The van der Waals surface area contributed by atoms with Crippen LogP contribution in [0.5, 0.6) is 0 Å². The quantitative estimate of drug-likeness (QED) is 0.678. The van der Waals surface area contributed by atoms with Crippen molar-refractivity contribution in [3.63, 3.8) is 0 Å². The van der Waals surface area contributed by atoms with Gasteiger partial charge in [0.1, 0.15) is 5.60 Å². The Labute approximate surface area is 175 Å². The van der Waals surface area contributed by atoms with Crippen LogP contribution in [0.3, 0.4) is 0 Å². The summed E-state index contributed by atoms with van der Waals surface area (Å²) in [5.41, 5.74) is 1.07. The summed E-state index contributed by atoms with van der Waals surface area (Å²) in [6, 6.07) is 7.08. The minimum absolute atomic E-state index is 0.196. The molecule has 1 fully saturated rings. The van der Waals surface area contributed by atoms with Gasteiger partial charge in [0, 0.05) is 12.6 Å². The normalized spacial score (nSPS) is 20.2. The molecule has 0 spiro atoms. The van der Waals surface area contributed by atoms with E-state index < -0.39 is 11.6 Å². The second kappa shape index (κ2) is 9.19. The van der Waals surface area contributed by atoms with Crippen LogP contribution in [0.15, 0.2) is 24.3 Å². The lowest BCUT2D eigenvalue weighted by Gasteiger charge is -2.41. The highest BCUT2D eigenvalue weighted by atomic mass is 16.6. The van der Waals surface area contributed by atoms with Gasteiger partial charge < -0.3 is 14.7 Å². The molecule has 0 aromatic heterocycles. The number of ether oxygens (including phenoxy) is 1. The Kier molecular flexibility index (Phi) is 7.36. The van der Waals surface area contributed by atoms with Crippen molar-refractivity contribution in [2.75, 3.05) is 6.54 Å². The third-order valence-electron chi connectivity index (χ3n) is 5.83. The van der Waals surface area contributed by atoms with Gasteiger partial charge >= 0.3 is 12.1 Å². The van der Waals surface area contributed by atoms with Crippen molar-refractivity contribution in [2.45, 2.75) is 85.3 Å². The van der Waals surface area contributed by atoms with Crippen LogP contribution < -0.4 is 0 Å². The second-order valence-corrected chi connectivity index (χ2v) is 10.3. The van der Waals surface area contributed by atoms with E-state index in [1.165, 1.54) is 0 Å². The molecule has 0 aliphatic heterocycles. The highest BCUT2D eigenvalue weighted by Crippen LogP contribution is 2.39. The fourth-order valence-corrected chi connectivity index (χ4v) is 4.06. The van der Waals surface area contributed by atoms with Gasteiger partial charge in [0.25, 0.3) is 0 Å². The first-order valence-corrected chi connectivity index (χ1v) is 10.7. The first-order valence-electron chi connectivity index (χ1n) is 10.7. The maximum absolute atomic E-state index is 12.9. The van der Waals surface area contributed by atoms with Gasteiger partial charge in [-0.1, -0.05) is 32.9 Å². The molecule has 1 N–H and O–H groups in total. The molecule has 5 heteroatoms. The number of carboxylic acids is 1. The van der Waals surface area contributed by atoms with Crippen LogP contribution in [0.1, 0.15) is 83.1 Å². The van der Waals surface area contributed by atoms with E-state index in [1.807, 2.05) is 37.8 Å². The molecule has 29 heavy (non-hydrogen) atoms. The third-order valence-corrected chi connectivity index (χ3v) is 5.83. The molecule has 0 heterocycles. The van der Waals surface area contributed by atoms with Crippen molar-refractivity contribution in [3.8, 4) is 0 Å². The highest BCUT2D eigenvalue weighted by Gasteiger charge is 2.35. The zero-order valence-corrected chi connectivity index (χ0v) is 18.8. The molecule has 162 valence electrons. The smallest absolute Gasteiger partial charge is 0.410 e. The topological polar surface area (TPSA) is 66.8 Å². The second-order valence-electron chi connectivity index (χ2n) is 10.3. The maximum Gasteiger partial charge on any atom is 0.410 e. The predicted octanol–water partition coefficient (Wildman–Crippen LogP) is 5.77. The van der Waals surface area contributed by atoms with Crippen molar-refractivity contribution in [1.82, 2.24) is 4.90 Å². The van der Waals surface area contributed by atoms with E-state index in [0.29, 0.717) is 24.3 Å². The van der Waals surface area contributed by atoms with E-state index in [9.17, 15) is 9.59 Å². The fourth-order valence-electron chi connectivity index (χ4n) is 4.06. The van der Waals surface area contributed by atoms with E-state index in [-0.39, 0.29) is 17.7 Å². The molecule has 2 rings (SSSR count). The summed E-state index contributed by atoms with van der Waals surface area (Å²) in [6.45, 7) is 13.1. The Morgan fingerprint density at radius 1 is 1.00 bits per heavy atom. The van der Waals surface area contributed by atoms with Gasteiger partial charge in [-0.15, -0.1) is 0 Å². The summed E-state index contributed by atoms with van der Waals surface area (Å²) < 4.78 is 5.70. The molecule has 1 aromatic rings. The average Bonchev–Trinajstić information content (AvgIpc) is 2.60. The van der Waals surface area contributed by atoms with Crippen molar-refractivity contribution in [3.05, 3.63) is 35.4 Å². The van der Waals surface area contributed by atoms with Gasteiger partial charge in [-0.05, 0) is 81.9 Å². The molecule has 0 bridgehead atoms. The van der Waals surface area contributed by atoms with Gasteiger partial charge in [-0.3, -0.25) is 0 Å². The molecule has 1 saturated carbocycles. The standard InChI is InChI=1S/C24H37NO4/c1-23(2,3)19-11-13-20(14-12-19)25(22(28)29-24(4,5)6)16-15-17-7-9-18(10-8-17)21(26)27/h7-10,19-20H,11-16H2,1-6H3,(H,26,27). The Morgan fingerprint density at radius 2 is 1.55 bits per heavy atom. The molecule has 1 aromatic carbocycles. The number of benzene rings is 1. The molecule has 5 nitrogen and oxygen atoms in total. The Morgan fingerprint density at radius 3 is 2.00 bits per heavy atom. The SMILES string of the molecule is CC(C)(C)OC(=O)N(CCc1ccc(C(=O)O)cc1)C1CCC(C(C)(C)C)CC1. The summed E-state index contributed by atoms with van der Waals surface area (Å²) in [5.74, 6) is -0.245. The summed E-state index contributed by atoms with van der Waals surface area (Å²) in [7, 11) is 0. The molecule has 1 aliphatic carbocycles. The average molecular weight is 404 g/mol. The van der Waals surface area contributed by atoms with Crippen LogP contribution in [0.2, 0.25) is 0 Å². The number of carbonyl (C=O) groups excluding carboxylic acids is 1. The third kappa shape index (κ3) is 7.06. The van der Waals surface area contributed by atoms with Crippen LogP contribution in [-0.2, 0) is 11.2 Å². The number of amides is 1. The van der Waals surface area contributed by atoms with Gasteiger partial charge in [-0.2, -0.15) is 0 Å². The number of nitrogens with zero attached hydrogens (tertiary/aromatic N) is 1. The lowest BCUT2D eigenvalue weighted by Crippen LogP contribution is -2.46.